The second kappa shape index (κ2) is 3.74. The third kappa shape index (κ3) is 2.08. The Kier molecular flexibility index (Phi) is 2.68. The number of nitrogens with two attached hydrogens (primary N) is 2. The molecule has 0 saturated carbocycles. The molecule has 1 aromatic rings. The van der Waals surface area contributed by atoms with Gasteiger partial charge in [0.15, 0.2) is 5.82 Å². The highest BCUT2D eigenvalue weighted by atomic mass is 16.5. The molecule has 1 rings (SSSR count). The number of ether oxygens (including phenoxy) is 1. The van der Waals surface area contributed by atoms with Crippen molar-refractivity contribution in [1.29, 1.82) is 0 Å². The van der Waals surface area contributed by atoms with Gasteiger partial charge in [0.2, 0.25) is 5.95 Å². The third-order valence-electron chi connectivity index (χ3n) is 1.40. The normalized spacial score (nSPS) is 9.92. The van der Waals surface area contributed by atoms with Crippen molar-refractivity contribution < 1.29 is 9.53 Å². The number of rotatable bonds is 3. The van der Waals surface area contributed by atoms with E-state index < -0.39 is 5.97 Å². The maximum absolute atomic E-state index is 11.0. The zero-order valence-electron chi connectivity index (χ0n) is 7.23. The van der Waals surface area contributed by atoms with E-state index in [2.05, 4.69) is 10.2 Å². The lowest BCUT2D eigenvalue weighted by Gasteiger charge is -2.00. The molecule has 0 bridgehead atoms. The number of hydrogen-bond acceptors (Lipinski definition) is 6. The Morgan fingerprint density at radius 2 is 2.31 bits per heavy atom. The Balaban J connectivity index is 2.64. The maximum atomic E-state index is 11.0. The molecular weight excluding hydrogens is 174 g/mol. The molecule has 1 aromatic heterocycles. The van der Waals surface area contributed by atoms with Gasteiger partial charge < -0.3 is 16.3 Å². The maximum Gasteiger partial charge on any atom is 0.313 e. The van der Waals surface area contributed by atoms with Crippen LogP contribution in [-0.4, -0.2) is 27.4 Å². The van der Waals surface area contributed by atoms with Crippen molar-refractivity contribution in [2.24, 2.45) is 0 Å². The predicted octanol–water partition coefficient (Wildman–Crippen LogP) is -1.32. The van der Waals surface area contributed by atoms with Crippen molar-refractivity contribution in [2.45, 2.75) is 13.3 Å². The molecule has 7 heteroatoms. The molecule has 4 N–H and O–H groups in total. The largest absolute Gasteiger partial charge is 0.466 e. The summed E-state index contributed by atoms with van der Waals surface area (Å²) in [5, 5.41) is 7.09. The van der Waals surface area contributed by atoms with Crippen LogP contribution in [0.3, 0.4) is 0 Å². The lowest BCUT2D eigenvalue weighted by atomic mass is 10.4. The molecule has 0 radical (unpaired) electrons. The fourth-order valence-corrected chi connectivity index (χ4v) is 0.799. The van der Waals surface area contributed by atoms with Crippen molar-refractivity contribution in [2.75, 3.05) is 18.2 Å². The van der Waals surface area contributed by atoms with E-state index in [1.54, 1.807) is 6.92 Å². The van der Waals surface area contributed by atoms with Crippen LogP contribution in [0.15, 0.2) is 0 Å². The molecule has 0 aliphatic rings. The van der Waals surface area contributed by atoms with Crippen LogP contribution in [0.5, 0.6) is 0 Å². The van der Waals surface area contributed by atoms with Gasteiger partial charge in [0.05, 0.1) is 6.61 Å². The SMILES string of the molecule is CCOC(=O)Cc1nnc(N)n1N. The molecule has 72 valence electrons. The standard InChI is InChI=1S/C6H11N5O2/c1-2-13-5(12)3-4-9-10-6(7)11(4)8/h2-3,8H2,1H3,(H2,7,10). The van der Waals surface area contributed by atoms with Gasteiger partial charge in [-0.15, -0.1) is 10.2 Å². The lowest BCUT2D eigenvalue weighted by molar-refractivity contribution is -0.142. The van der Waals surface area contributed by atoms with E-state index in [9.17, 15) is 4.79 Å². The van der Waals surface area contributed by atoms with E-state index in [-0.39, 0.29) is 18.2 Å². The molecule has 0 aromatic carbocycles. The van der Waals surface area contributed by atoms with Gasteiger partial charge in [-0.05, 0) is 6.92 Å². The number of nitrogen functional groups attached to an aromatic ring is 2. The van der Waals surface area contributed by atoms with Crippen LogP contribution in [0.1, 0.15) is 12.7 Å². The number of carbonyl (C=O) groups is 1. The molecule has 0 spiro atoms. The lowest BCUT2D eigenvalue weighted by Crippen LogP contribution is -2.19. The van der Waals surface area contributed by atoms with Gasteiger partial charge in [-0.25, -0.2) is 4.68 Å². The van der Waals surface area contributed by atoms with Gasteiger partial charge >= 0.3 is 5.97 Å². The van der Waals surface area contributed by atoms with Gasteiger partial charge in [0.1, 0.15) is 6.42 Å². The van der Waals surface area contributed by atoms with Crippen molar-refractivity contribution >= 4 is 11.9 Å². The predicted molar refractivity (Wildman–Crippen MR) is 44.9 cm³/mol. The molecule has 0 unspecified atom stereocenters. The van der Waals surface area contributed by atoms with E-state index in [4.69, 9.17) is 16.3 Å². The van der Waals surface area contributed by atoms with E-state index >= 15 is 0 Å². The summed E-state index contributed by atoms with van der Waals surface area (Å²) in [6.45, 7) is 2.05. The first-order valence-electron chi connectivity index (χ1n) is 3.75. The molecule has 0 aliphatic heterocycles. The summed E-state index contributed by atoms with van der Waals surface area (Å²) in [7, 11) is 0. The Morgan fingerprint density at radius 1 is 1.62 bits per heavy atom. The molecule has 7 nitrogen and oxygen atoms in total. The Hall–Kier alpha value is -1.79. The Bertz CT molecular complexity index is 308. The monoisotopic (exact) mass is 185 g/mol. The van der Waals surface area contributed by atoms with Crippen LogP contribution < -0.4 is 11.6 Å². The van der Waals surface area contributed by atoms with Crippen LogP contribution in [0, 0.1) is 0 Å². The first-order valence-corrected chi connectivity index (χ1v) is 3.75. The van der Waals surface area contributed by atoms with Crippen molar-refractivity contribution in [3.8, 4) is 0 Å². The number of anilines is 1. The zero-order valence-corrected chi connectivity index (χ0v) is 7.23. The number of esters is 1. The molecule has 1 heterocycles. The van der Waals surface area contributed by atoms with Gasteiger partial charge in [-0.1, -0.05) is 0 Å². The minimum Gasteiger partial charge on any atom is -0.466 e. The van der Waals surface area contributed by atoms with Gasteiger partial charge in [-0.3, -0.25) is 4.79 Å². The van der Waals surface area contributed by atoms with Crippen LogP contribution >= 0.6 is 0 Å². The summed E-state index contributed by atoms with van der Waals surface area (Å²) < 4.78 is 5.75. The second-order valence-electron chi connectivity index (χ2n) is 2.33. The molecule has 0 aliphatic carbocycles. The molecule has 13 heavy (non-hydrogen) atoms. The minimum absolute atomic E-state index is 0.0193. The Morgan fingerprint density at radius 3 is 2.77 bits per heavy atom. The minimum atomic E-state index is -0.401. The van der Waals surface area contributed by atoms with Gasteiger partial charge in [0.25, 0.3) is 0 Å². The summed E-state index contributed by atoms with van der Waals surface area (Å²) in [6.07, 6.45) is -0.0193. The van der Waals surface area contributed by atoms with Crippen LogP contribution in [-0.2, 0) is 16.0 Å². The number of aromatic nitrogens is 3. The topological polar surface area (TPSA) is 109 Å². The highest BCUT2D eigenvalue weighted by molar-refractivity contribution is 5.71. The van der Waals surface area contributed by atoms with E-state index in [1.165, 1.54) is 0 Å². The van der Waals surface area contributed by atoms with Crippen molar-refractivity contribution in [3.63, 3.8) is 0 Å². The zero-order chi connectivity index (χ0) is 9.84. The highest BCUT2D eigenvalue weighted by Gasteiger charge is 2.11. The molecule has 0 atom stereocenters. The summed E-state index contributed by atoms with van der Waals surface area (Å²) in [5.74, 6) is 5.36. The van der Waals surface area contributed by atoms with Gasteiger partial charge in [-0.2, -0.15) is 0 Å². The molecule has 0 fully saturated rings. The summed E-state index contributed by atoms with van der Waals surface area (Å²) >= 11 is 0. The summed E-state index contributed by atoms with van der Waals surface area (Å²) in [5.41, 5.74) is 5.30. The van der Waals surface area contributed by atoms with Crippen LogP contribution in [0.4, 0.5) is 5.95 Å². The summed E-state index contributed by atoms with van der Waals surface area (Å²) in [4.78, 5) is 11.0. The van der Waals surface area contributed by atoms with E-state index in [0.717, 1.165) is 4.68 Å². The van der Waals surface area contributed by atoms with Crippen molar-refractivity contribution in [3.05, 3.63) is 5.82 Å². The fourth-order valence-electron chi connectivity index (χ4n) is 0.799. The van der Waals surface area contributed by atoms with E-state index in [1.807, 2.05) is 0 Å². The molecule has 0 saturated heterocycles. The highest BCUT2D eigenvalue weighted by Crippen LogP contribution is 1.99. The average molecular weight is 185 g/mol. The number of hydrogen-bond donors (Lipinski definition) is 2. The first-order chi connectivity index (χ1) is 6.15. The fraction of sp³-hybridized carbons (Fsp3) is 0.500. The smallest absolute Gasteiger partial charge is 0.313 e. The molecular formula is C6H11N5O2. The third-order valence-corrected chi connectivity index (χ3v) is 1.40. The summed E-state index contributed by atoms with van der Waals surface area (Å²) in [6, 6.07) is 0. The van der Waals surface area contributed by atoms with E-state index in [0.29, 0.717) is 6.61 Å². The first kappa shape index (κ1) is 9.30. The average Bonchev–Trinajstić information content (AvgIpc) is 2.37. The van der Waals surface area contributed by atoms with Crippen LogP contribution in [0.25, 0.3) is 0 Å². The quantitative estimate of drug-likeness (QED) is 0.446. The second-order valence-corrected chi connectivity index (χ2v) is 2.33. The number of nitrogens with zero attached hydrogens (tertiary/aromatic N) is 3. The molecule has 0 amide bonds. The van der Waals surface area contributed by atoms with Crippen LogP contribution in [0.2, 0.25) is 0 Å². The Labute approximate surface area is 74.6 Å². The number of carbonyl (C=O) groups excluding carboxylic acids is 1. The van der Waals surface area contributed by atoms with Crippen molar-refractivity contribution in [1.82, 2.24) is 14.9 Å². The van der Waals surface area contributed by atoms with Gasteiger partial charge in [0, 0.05) is 0 Å².